The topological polar surface area (TPSA) is 40.5 Å². The minimum atomic E-state index is -0.0444. The first-order chi connectivity index (χ1) is 12.7. The maximum absolute atomic E-state index is 10.0. The maximum Gasteiger partial charge on any atom is 0.118 e. The summed E-state index contributed by atoms with van der Waals surface area (Å²) in [5, 5.41) is 20.0. The van der Waals surface area contributed by atoms with Crippen LogP contribution in [0.15, 0.2) is 36.4 Å². The van der Waals surface area contributed by atoms with Gasteiger partial charge in [-0.15, -0.1) is 0 Å². The van der Waals surface area contributed by atoms with Gasteiger partial charge in [0, 0.05) is 5.41 Å². The summed E-state index contributed by atoms with van der Waals surface area (Å²) < 4.78 is 0. The van der Waals surface area contributed by atoms with E-state index < -0.39 is 0 Å². The molecule has 0 bridgehead atoms. The van der Waals surface area contributed by atoms with Crippen molar-refractivity contribution in [2.45, 2.75) is 72.1 Å². The third-order valence-electron chi connectivity index (χ3n) is 7.35. The van der Waals surface area contributed by atoms with Gasteiger partial charge in [0.05, 0.1) is 0 Å². The molecule has 2 nitrogen and oxygen atoms in total. The average Bonchev–Trinajstić information content (AvgIpc) is 2.66. The molecule has 146 valence electrons. The summed E-state index contributed by atoms with van der Waals surface area (Å²) in [7, 11) is 0. The Morgan fingerprint density at radius 2 is 1.33 bits per heavy atom. The summed E-state index contributed by atoms with van der Waals surface area (Å²) >= 11 is 0. The first-order valence-corrected chi connectivity index (χ1v) is 10.3. The number of phenolic OH excluding ortho intramolecular Hbond substituents is 2. The van der Waals surface area contributed by atoms with Crippen molar-refractivity contribution >= 4 is 0 Å². The molecule has 2 heteroatoms. The molecule has 0 unspecified atom stereocenters. The minimum absolute atomic E-state index is 0.0444. The molecule has 2 aromatic rings. The third kappa shape index (κ3) is 3.59. The van der Waals surface area contributed by atoms with Gasteiger partial charge < -0.3 is 10.2 Å². The van der Waals surface area contributed by atoms with Crippen LogP contribution >= 0.6 is 0 Å². The van der Waals surface area contributed by atoms with Crippen molar-refractivity contribution in [2.24, 2.45) is 11.3 Å². The monoisotopic (exact) mass is 366 g/mol. The Kier molecular flexibility index (Phi) is 5.29. The van der Waals surface area contributed by atoms with Crippen LogP contribution in [0.3, 0.4) is 0 Å². The fraction of sp³-hybridized carbons (Fsp3) is 0.520. The molecule has 2 N–H and O–H groups in total. The van der Waals surface area contributed by atoms with Crippen LogP contribution in [0.25, 0.3) is 0 Å². The van der Waals surface area contributed by atoms with Gasteiger partial charge in [-0.1, -0.05) is 51.5 Å². The molecule has 0 atom stereocenters. The lowest BCUT2D eigenvalue weighted by molar-refractivity contribution is 0.125. The Bertz CT molecular complexity index is 758. The zero-order valence-electron chi connectivity index (χ0n) is 17.5. The summed E-state index contributed by atoms with van der Waals surface area (Å²) in [6.07, 6.45) is 5.84. The Morgan fingerprint density at radius 3 is 1.70 bits per heavy atom. The molecule has 2 aromatic carbocycles. The normalized spacial score (nSPS) is 17.8. The van der Waals surface area contributed by atoms with Crippen LogP contribution in [-0.4, -0.2) is 10.2 Å². The number of aryl methyl sites for hydroxylation is 2. The first-order valence-electron chi connectivity index (χ1n) is 10.3. The molecule has 1 aliphatic rings. The zero-order chi connectivity index (χ0) is 19.8. The Morgan fingerprint density at radius 1 is 0.889 bits per heavy atom. The molecule has 3 rings (SSSR count). The predicted molar refractivity (Wildman–Crippen MR) is 112 cm³/mol. The van der Waals surface area contributed by atoms with E-state index in [1.54, 1.807) is 0 Å². The van der Waals surface area contributed by atoms with E-state index in [0.29, 0.717) is 16.9 Å². The van der Waals surface area contributed by atoms with Gasteiger partial charge in [0.25, 0.3) is 0 Å². The average molecular weight is 367 g/mol. The first kappa shape index (κ1) is 19.8. The standard InChI is InChI=1S/C25H34O2/c1-6-24(4,5)19-11-13-25(14-12-19,20-7-9-22(26)17(2)15-20)21-8-10-23(27)18(3)16-21/h7-10,15-16,19,26-27H,6,11-14H2,1-5H3. The van der Waals surface area contributed by atoms with Gasteiger partial charge in [-0.2, -0.15) is 0 Å². The Balaban J connectivity index is 2.05. The molecule has 0 aromatic heterocycles. The van der Waals surface area contributed by atoms with Crippen molar-refractivity contribution in [3.63, 3.8) is 0 Å². The van der Waals surface area contributed by atoms with Gasteiger partial charge in [0.15, 0.2) is 0 Å². The number of benzene rings is 2. The Labute approximate surface area is 164 Å². The number of hydrogen-bond acceptors (Lipinski definition) is 2. The number of phenols is 2. The zero-order valence-corrected chi connectivity index (χ0v) is 17.5. The summed E-state index contributed by atoms with van der Waals surface area (Å²) in [6, 6.07) is 12.2. The van der Waals surface area contributed by atoms with Crippen LogP contribution in [0.1, 0.15) is 75.1 Å². The van der Waals surface area contributed by atoms with Gasteiger partial charge in [0.1, 0.15) is 11.5 Å². The SMILES string of the molecule is CCC(C)(C)C1CCC(c2ccc(O)c(C)c2)(c2ccc(O)c(C)c2)CC1. The summed E-state index contributed by atoms with van der Waals surface area (Å²) in [6.45, 7) is 11.1. The van der Waals surface area contributed by atoms with Crippen molar-refractivity contribution in [3.8, 4) is 11.5 Å². The molecular weight excluding hydrogens is 332 g/mol. The highest BCUT2D eigenvalue weighted by Gasteiger charge is 2.42. The van der Waals surface area contributed by atoms with E-state index in [1.165, 1.54) is 30.4 Å². The second kappa shape index (κ2) is 7.22. The quantitative estimate of drug-likeness (QED) is 0.638. The third-order valence-corrected chi connectivity index (χ3v) is 7.35. The predicted octanol–water partition coefficient (Wildman–Crippen LogP) is 6.63. The molecule has 1 saturated carbocycles. The summed E-state index contributed by atoms with van der Waals surface area (Å²) in [4.78, 5) is 0. The molecule has 0 heterocycles. The van der Waals surface area contributed by atoms with Crippen LogP contribution < -0.4 is 0 Å². The van der Waals surface area contributed by atoms with E-state index in [4.69, 9.17) is 0 Å². The van der Waals surface area contributed by atoms with Crippen LogP contribution in [0.2, 0.25) is 0 Å². The lowest BCUT2D eigenvalue weighted by atomic mass is 9.58. The smallest absolute Gasteiger partial charge is 0.118 e. The van der Waals surface area contributed by atoms with Crippen molar-refractivity contribution in [2.75, 3.05) is 0 Å². The van der Waals surface area contributed by atoms with E-state index in [2.05, 4.69) is 45.0 Å². The maximum atomic E-state index is 10.0. The second-order valence-corrected chi connectivity index (χ2v) is 9.20. The van der Waals surface area contributed by atoms with Crippen LogP contribution in [0, 0.1) is 25.2 Å². The lowest BCUT2D eigenvalue weighted by Crippen LogP contribution is -2.37. The van der Waals surface area contributed by atoms with E-state index in [9.17, 15) is 10.2 Å². The van der Waals surface area contributed by atoms with Crippen molar-refractivity contribution in [1.29, 1.82) is 0 Å². The number of rotatable bonds is 4. The van der Waals surface area contributed by atoms with Gasteiger partial charge in [0.2, 0.25) is 0 Å². The van der Waals surface area contributed by atoms with Crippen LogP contribution in [0.4, 0.5) is 0 Å². The summed E-state index contributed by atoms with van der Waals surface area (Å²) in [5.74, 6) is 1.46. The van der Waals surface area contributed by atoms with Crippen LogP contribution in [-0.2, 0) is 5.41 Å². The highest BCUT2D eigenvalue weighted by atomic mass is 16.3. The largest absolute Gasteiger partial charge is 0.508 e. The summed E-state index contributed by atoms with van der Waals surface area (Å²) in [5.41, 5.74) is 4.77. The number of aromatic hydroxyl groups is 2. The molecular formula is C25H34O2. The highest BCUT2D eigenvalue weighted by molar-refractivity contribution is 5.48. The van der Waals surface area contributed by atoms with Crippen molar-refractivity contribution in [3.05, 3.63) is 58.7 Å². The molecule has 0 spiro atoms. The Hall–Kier alpha value is -1.96. The van der Waals surface area contributed by atoms with Gasteiger partial charge in [-0.3, -0.25) is 0 Å². The lowest BCUT2D eigenvalue weighted by Gasteiger charge is -2.46. The molecule has 1 fully saturated rings. The van der Waals surface area contributed by atoms with Crippen molar-refractivity contribution in [1.82, 2.24) is 0 Å². The van der Waals surface area contributed by atoms with Gasteiger partial charge in [-0.25, -0.2) is 0 Å². The fourth-order valence-electron chi connectivity index (χ4n) is 4.83. The number of hydrogen-bond donors (Lipinski definition) is 2. The molecule has 0 saturated heterocycles. The van der Waals surface area contributed by atoms with Crippen LogP contribution in [0.5, 0.6) is 11.5 Å². The van der Waals surface area contributed by atoms with E-state index in [-0.39, 0.29) is 5.41 Å². The molecule has 0 radical (unpaired) electrons. The highest BCUT2D eigenvalue weighted by Crippen LogP contribution is 2.51. The molecule has 27 heavy (non-hydrogen) atoms. The van der Waals surface area contributed by atoms with Gasteiger partial charge in [-0.05, 0) is 85.3 Å². The molecule has 0 amide bonds. The minimum Gasteiger partial charge on any atom is -0.508 e. The molecule has 1 aliphatic carbocycles. The van der Waals surface area contributed by atoms with Crippen molar-refractivity contribution < 1.29 is 10.2 Å². The fourth-order valence-corrected chi connectivity index (χ4v) is 4.83. The van der Waals surface area contributed by atoms with E-state index >= 15 is 0 Å². The van der Waals surface area contributed by atoms with E-state index in [0.717, 1.165) is 29.9 Å². The second-order valence-electron chi connectivity index (χ2n) is 9.20. The molecule has 0 aliphatic heterocycles. The van der Waals surface area contributed by atoms with E-state index in [1.807, 2.05) is 26.0 Å². The van der Waals surface area contributed by atoms with Gasteiger partial charge >= 0.3 is 0 Å².